The van der Waals surface area contributed by atoms with Crippen molar-refractivity contribution in [2.75, 3.05) is 18.0 Å². The summed E-state index contributed by atoms with van der Waals surface area (Å²) in [4.78, 5) is 7.03. The van der Waals surface area contributed by atoms with E-state index >= 15 is 0 Å². The first-order valence-corrected chi connectivity index (χ1v) is 6.84. The topological polar surface area (TPSA) is 28.2 Å². The lowest BCUT2D eigenvalue weighted by molar-refractivity contribution is 0.673. The zero-order valence-corrected chi connectivity index (χ0v) is 10.7. The third-order valence-corrected chi connectivity index (χ3v) is 3.81. The highest BCUT2D eigenvalue weighted by Crippen LogP contribution is 2.24. The predicted octanol–water partition coefficient (Wildman–Crippen LogP) is 2.59. The Morgan fingerprint density at radius 1 is 1.29 bits per heavy atom. The van der Waals surface area contributed by atoms with E-state index in [2.05, 4.69) is 15.2 Å². The van der Waals surface area contributed by atoms with Crippen molar-refractivity contribution in [1.82, 2.24) is 10.3 Å². The molecule has 2 fully saturated rings. The number of nitrogens with zero attached hydrogens (tertiary/aromatic N) is 2. The number of pyridine rings is 1. The first-order chi connectivity index (χ1) is 8.33. The van der Waals surface area contributed by atoms with E-state index in [4.69, 9.17) is 11.6 Å². The molecule has 1 aromatic rings. The molecule has 1 aromatic heterocycles. The first-order valence-electron chi connectivity index (χ1n) is 6.47. The highest BCUT2D eigenvalue weighted by atomic mass is 35.5. The summed E-state index contributed by atoms with van der Waals surface area (Å²) in [7, 11) is 0. The number of hydrogen-bond donors (Lipinski definition) is 1. The van der Waals surface area contributed by atoms with Crippen molar-refractivity contribution in [3.63, 3.8) is 0 Å². The van der Waals surface area contributed by atoms with Gasteiger partial charge < -0.3 is 10.2 Å². The van der Waals surface area contributed by atoms with Crippen LogP contribution in [0.5, 0.6) is 0 Å². The van der Waals surface area contributed by atoms with Gasteiger partial charge in [0, 0.05) is 25.7 Å². The smallest absolute Gasteiger partial charge is 0.128 e. The minimum Gasteiger partial charge on any atom is -0.357 e. The molecule has 0 amide bonds. The molecule has 0 radical (unpaired) electrons. The second-order valence-electron chi connectivity index (χ2n) is 4.95. The van der Waals surface area contributed by atoms with E-state index < -0.39 is 0 Å². The van der Waals surface area contributed by atoms with E-state index in [0.717, 1.165) is 36.2 Å². The minimum atomic E-state index is 0.698. The lowest BCUT2D eigenvalue weighted by Crippen LogP contribution is -2.21. The summed E-state index contributed by atoms with van der Waals surface area (Å²) in [6.07, 6.45) is 5.15. The van der Waals surface area contributed by atoms with E-state index in [-0.39, 0.29) is 0 Å². The van der Waals surface area contributed by atoms with Gasteiger partial charge in [-0.1, -0.05) is 11.6 Å². The van der Waals surface area contributed by atoms with Gasteiger partial charge in [-0.15, -0.1) is 0 Å². The van der Waals surface area contributed by atoms with E-state index in [1.807, 2.05) is 12.1 Å². The fourth-order valence-electron chi connectivity index (χ4n) is 2.25. The van der Waals surface area contributed by atoms with Gasteiger partial charge in [-0.25, -0.2) is 4.98 Å². The number of hydrogen-bond acceptors (Lipinski definition) is 3. The standard InChI is InChI=1S/C13H18ClN3/c14-11-5-6-13(17-7-1-2-8-17)16-12(11)9-15-10-3-4-10/h5-6,10,15H,1-4,7-9H2. The molecular formula is C13H18ClN3. The van der Waals surface area contributed by atoms with Crippen LogP contribution in [0.25, 0.3) is 0 Å². The predicted molar refractivity (Wildman–Crippen MR) is 70.6 cm³/mol. The molecule has 1 saturated carbocycles. The lowest BCUT2D eigenvalue weighted by Gasteiger charge is -2.17. The van der Waals surface area contributed by atoms with Gasteiger partial charge in [0.25, 0.3) is 0 Å². The molecule has 17 heavy (non-hydrogen) atoms. The monoisotopic (exact) mass is 251 g/mol. The molecule has 0 aromatic carbocycles. The van der Waals surface area contributed by atoms with Gasteiger partial charge in [-0.2, -0.15) is 0 Å². The summed E-state index contributed by atoms with van der Waals surface area (Å²) in [6.45, 7) is 3.05. The Kier molecular flexibility index (Phi) is 3.21. The lowest BCUT2D eigenvalue weighted by atomic mass is 10.3. The van der Waals surface area contributed by atoms with Crippen LogP contribution in [0.4, 0.5) is 5.82 Å². The molecule has 2 aliphatic rings. The molecule has 0 unspecified atom stereocenters. The molecule has 3 nitrogen and oxygen atoms in total. The maximum Gasteiger partial charge on any atom is 0.128 e. The molecule has 0 spiro atoms. The number of halogens is 1. The molecule has 2 heterocycles. The fourth-order valence-corrected chi connectivity index (χ4v) is 2.42. The Morgan fingerprint density at radius 2 is 2.06 bits per heavy atom. The van der Waals surface area contributed by atoms with Crippen LogP contribution in [0, 0.1) is 0 Å². The van der Waals surface area contributed by atoms with E-state index in [0.29, 0.717) is 6.04 Å². The van der Waals surface area contributed by atoms with Crippen LogP contribution in [-0.2, 0) is 6.54 Å². The van der Waals surface area contributed by atoms with Gasteiger partial charge in [-0.3, -0.25) is 0 Å². The van der Waals surface area contributed by atoms with Crippen LogP contribution in [0.15, 0.2) is 12.1 Å². The van der Waals surface area contributed by atoms with Crippen molar-refractivity contribution >= 4 is 17.4 Å². The quantitative estimate of drug-likeness (QED) is 0.892. The molecule has 92 valence electrons. The maximum absolute atomic E-state index is 6.19. The van der Waals surface area contributed by atoms with Crippen molar-refractivity contribution in [2.45, 2.75) is 38.3 Å². The van der Waals surface area contributed by atoms with E-state index in [1.54, 1.807) is 0 Å². The zero-order valence-electron chi connectivity index (χ0n) is 9.95. The molecule has 1 saturated heterocycles. The van der Waals surface area contributed by atoms with Crippen molar-refractivity contribution < 1.29 is 0 Å². The van der Waals surface area contributed by atoms with Crippen LogP contribution in [-0.4, -0.2) is 24.1 Å². The molecule has 0 atom stereocenters. The SMILES string of the molecule is Clc1ccc(N2CCCC2)nc1CNC1CC1. The van der Waals surface area contributed by atoms with Gasteiger partial charge in [0.1, 0.15) is 5.82 Å². The Labute approximate surface area is 107 Å². The molecule has 0 bridgehead atoms. The fraction of sp³-hybridized carbons (Fsp3) is 0.615. The largest absolute Gasteiger partial charge is 0.357 e. The highest BCUT2D eigenvalue weighted by Gasteiger charge is 2.21. The van der Waals surface area contributed by atoms with Crippen molar-refractivity contribution in [1.29, 1.82) is 0 Å². The Hall–Kier alpha value is -0.800. The zero-order chi connectivity index (χ0) is 11.7. The minimum absolute atomic E-state index is 0.698. The van der Waals surface area contributed by atoms with Gasteiger partial charge in [0.15, 0.2) is 0 Å². The number of rotatable bonds is 4. The average Bonchev–Trinajstić information content (AvgIpc) is 3.00. The Morgan fingerprint density at radius 3 is 2.76 bits per heavy atom. The highest BCUT2D eigenvalue weighted by molar-refractivity contribution is 6.31. The average molecular weight is 252 g/mol. The second kappa shape index (κ2) is 4.83. The number of anilines is 1. The van der Waals surface area contributed by atoms with Crippen LogP contribution in [0.2, 0.25) is 5.02 Å². The van der Waals surface area contributed by atoms with Gasteiger partial charge >= 0.3 is 0 Å². The summed E-state index contributed by atoms with van der Waals surface area (Å²) in [5.41, 5.74) is 0.989. The van der Waals surface area contributed by atoms with Gasteiger partial charge in [0.2, 0.25) is 0 Å². The Balaban J connectivity index is 1.73. The summed E-state index contributed by atoms with van der Waals surface area (Å²) < 4.78 is 0. The van der Waals surface area contributed by atoms with E-state index in [9.17, 15) is 0 Å². The third kappa shape index (κ3) is 2.72. The normalized spacial score (nSPS) is 19.9. The first kappa shape index (κ1) is 11.3. The van der Waals surface area contributed by atoms with E-state index in [1.165, 1.54) is 25.7 Å². The van der Waals surface area contributed by atoms with Crippen molar-refractivity contribution in [2.24, 2.45) is 0 Å². The van der Waals surface area contributed by atoms with Crippen LogP contribution in [0.3, 0.4) is 0 Å². The number of nitrogens with one attached hydrogen (secondary N) is 1. The molecule has 3 rings (SSSR count). The maximum atomic E-state index is 6.19. The van der Waals surface area contributed by atoms with Crippen molar-refractivity contribution in [3.8, 4) is 0 Å². The molecule has 1 N–H and O–H groups in total. The second-order valence-corrected chi connectivity index (χ2v) is 5.35. The Bertz CT molecular complexity index is 398. The molecule has 1 aliphatic heterocycles. The summed E-state index contributed by atoms with van der Waals surface area (Å²) in [5, 5.41) is 4.24. The summed E-state index contributed by atoms with van der Waals surface area (Å²) in [5.74, 6) is 1.08. The van der Waals surface area contributed by atoms with Crippen LogP contribution >= 0.6 is 11.6 Å². The van der Waals surface area contributed by atoms with Crippen LogP contribution < -0.4 is 10.2 Å². The van der Waals surface area contributed by atoms with Crippen LogP contribution in [0.1, 0.15) is 31.4 Å². The summed E-state index contributed by atoms with van der Waals surface area (Å²) in [6, 6.07) is 4.71. The summed E-state index contributed by atoms with van der Waals surface area (Å²) >= 11 is 6.19. The molecule has 1 aliphatic carbocycles. The number of aromatic nitrogens is 1. The van der Waals surface area contributed by atoms with Gasteiger partial charge in [-0.05, 0) is 37.8 Å². The van der Waals surface area contributed by atoms with Crippen molar-refractivity contribution in [3.05, 3.63) is 22.8 Å². The molecule has 4 heteroatoms. The third-order valence-electron chi connectivity index (χ3n) is 3.47. The molecular weight excluding hydrogens is 234 g/mol. The van der Waals surface area contributed by atoms with Gasteiger partial charge in [0.05, 0.1) is 10.7 Å².